The number of benzene rings is 2. The third-order valence-corrected chi connectivity index (χ3v) is 7.79. The summed E-state index contributed by atoms with van der Waals surface area (Å²) in [5.41, 5.74) is 4.51. The van der Waals surface area contributed by atoms with Gasteiger partial charge in [0.15, 0.2) is 0 Å². The second-order valence-corrected chi connectivity index (χ2v) is 9.76. The predicted molar refractivity (Wildman–Crippen MR) is 128 cm³/mol. The Morgan fingerprint density at radius 3 is 2.29 bits per heavy atom. The van der Waals surface area contributed by atoms with Gasteiger partial charge < -0.3 is 25.2 Å². The Kier molecular flexibility index (Phi) is 6.47. The monoisotopic (exact) mass is 478 g/mol. The predicted octanol–water partition coefficient (Wildman–Crippen LogP) is 3.16. The van der Waals surface area contributed by atoms with Gasteiger partial charge in [-0.15, -0.1) is 0 Å². The van der Waals surface area contributed by atoms with Gasteiger partial charge in [0.1, 0.15) is 12.6 Å². The van der Waals surface area contributed by atoms with E-state index in [1.54, 1.807) is 0 Å². The van der Waals surface area contributed by atoms with Gasteiger partial charge in [0.25, 0.3) is 0 Å². The number of carboxylic acid groups (broad SMARTS) is 1. The smallest absolute Gasteiger partial charge is 0.407 e. The van der Waals surface area contributed by atoms with E-state index < -0.39 is 18.1 Å². The van der Waals surface area contributed by atoms with Crippen LogP contribution in [0.15, 0.2) is 48.5 Å². The second kappa shape index (κ2) is 9.70. The Morgan fingerprint density at radius 1 is 1.00 bits per heavy atom. The van der Waals surface area contributed by atoms with Crippen LogP contribution in [0.1, 0.15) is 36.3 Å². The van der Waals surface area contributed by atoms with Gasteiger partial charge in [0, 0.05) is 19.1 Å². The molecule has 0 saturated heterocycles. The van der Waals surface area contributed by atoms with Gasteiger partial charge in [0.2, 0.25) is 5.91 Å². The van der Waals surface area contributed by atoms with Crippen LogP contribution in [-0.4, -0.2) is 55.5 Å². The molecule has 5 atom stereocenters. The highest BCUT2D eigenvalue weighted by atomic mass is 16.5. The Bertz CT molecular complexity index is 1090. The van der Waals surface area contributed by atoms with E-state index in [0.29, 0.717) is 18.8 Å². The van der Waals surface area contributed by atoms with Crippen LogP contribution in [0.3, 0.4) is 0 Å². The molecule has 5 unspecified atom stereocenters. The molecular weight excluding hydrogens is 448 g/mol. The van der Waals surface area contributed by atoms with Gasteiger partial charge in [-0.1, -0.05) is 48.5 Å². The molecule has 3 aliphatic carbocycles. The number of amides is 2. The van der Waals surface area contributed by atoms with Gasteiger partial charge in [-0.25, -0.2) is 4.79 Å². The number of hydrogen-bond donors (Lipinski definition) is 3. The molecule has 2 saturated carbocycles. The van der Waals surface area contributed by atoms with E-state index in [9.17, 15) is 19.5 Å². The van der Waals surface area contributed by atoms with Gasteiger partial charge >= 0.3 is 12.1 Å². The van der Waals surface area contributed by atoms with Crippen molar-refractivity contribution in [2.45, 2.75) is 37.3 Å². The van der Waals surface area contributed by atoms with Crippen molar-refractivity contribution in [2.75, 3.05) is 20.3 Å². The number of carboxylic acids is 1. The van der Waals surface area contributed by atoms with Crippen molar-refractivity contribution in [2.24, 2.45) is 17.8 Å². The molecule has 0 bridgehead atoms. The number of methoxy groups -OCH3 is 1. The number of rotatable bonds is 8. The fraction of sp³-hybridized carbons (Fsp3) is 0.444. The largest absolute Gasteiger partial charge is 0.481 e. The minimum absolute atomic E-state index is 0.00853. The Balaban J connectivity index is 1.17. The van der Waals surface area contributed by atoms with E-state index in [1.807, 2.05) is 36.4 Å². The van der Waals surface area contributed by atoms with Crippen molar-refractivity contribution in [1.29, 1.82) is 0 Å². The number of alkyl carbamates (subject to hydrolysis) is 1. The van der Waals surface area contributed by atoms with E-state index in [2.05, 4.69) is 22.8 Å². The van der Waals surface area contributed by atoms with E-state index in [1.165, 1.54) is 7.11 Å². The number of hydrogen-bond acceptors (Lipinski definition) is 5. The number of nitrogens with one attached hydrogen (secondary N) is 2. The normalized spacial score (nSPS) is 24.9. The molecule has 5 rings (SSSR count). The maximum Gasteiger partial charge on any atom is 0.407 e. The molecule has 2 aromatic rings. The van der Waals surface area contributed by atoms with Crippen molar-refractivity contribution < 1.29 is 29.0 Å². The minimum Gasteiger partial charge on any atom is -0.481 e. The summed E-state index contributed by atoms with van der Waals surface area (Å²) in [7, 11) is 1.47. The summed E-state index contributed by atoms with van der Waals surface area (Å²) < 4.78 is 10.7. The lowest BCUT2D eigenvalue weighted by molar-refractivity contribution is -0.141. The highest BCUT2D eigenvalue weighted by molar-refractivity contribution is 5.86. The third-order valence-electron chi connectivity index (χ3n) is 7.79. The fourth-order valence-electron chi connectivity index (χ4n) is 6.01. The van der Waals surface area contributed by atoms with Crippen molar-refractivity contribution in [3.63, 3.8) is 0 Å². The molecule has 3 N–H and O–H groups in total. The maximum absolute atomic E-state index is 12.9. The SMILES string of the molecule is COCC(NC(=O)OCC1c2ccccc2-c2ccccc21)C(=O)NC1CC2CC(C(=O)O)CC21. The quantitative estimate of drug-likeness (QED) is 0.537. The van der Waals surface area contributed by atoms with Crippen LogP contribution in [-0.2, 0) is 19.1 Å². The zero-order valence-electron chi connectivity index (χ0n) is 19.6. The first-order valence-corrected chi connectivity index (χ1v) is 12.1. The first-order valence-electron chi connectivity index (χ1n) is 12.1. The Hall–Kier alpha value is -3.39. The number of ether oxygens (including phenoxy) is 2. The highest BCUT2D eigenvalue weighted by Crippen LogP contribution is 2.49. The van der Waals surface area contributed by atoms with E-state index in [0.717, 1.165) is 28.7 Å². The fourth-order valence-corrected chi connectivity index (χ4v) is 6.01. The lowest BCUT2D eigenvalue weighted by Gasteiger charge is -2.41. The molecule has 184 valence electrons. The molecule has 0 aromatic heterocycles. The zero-order chi connectivity index (χ0) is 24.5. The Morgan fingerprint density at radius 2 is 1.66 bits per heavy atom. The van der Waals surface area contributed by atoms with Crippen LogP contribution < -0.4 is 10.6 Å². The molecular formula is C27H30N2O6. The summed E-state index contributed by atoms with van der Waals surface area (Å²) >= 11 is 0. The average molecular weight is 479 g/mol. The number of fused-ring (bicyclic) bond motifs is 4. The van der Waals surface area contributed by atoms with Crippen LogP contribution in [0.5, 0.6) is 0 Å². The highest BCUT2D eigenvalue weighted by Gasteiger charge is 2.50. The summed E-state index contributed by atoms with van der Waals surface area (Å²) in [6.07, 6.45) is 1.35. The second-order valence-electron chi connectivity index (χ2n) is 9.76. The molecule has 35 heavy (non-hydrogen) atoms. The zero-order valence-corrected chi connectivity index (χ0v) is 19.6. The summed E-state index contributed by atoms with van der Waals surface area (Å²) in [5, 5.41) is 14.9. The molecule has 0 aliphatic heterocycles. The summed E-state index contributed by atoms with van der Waals surface area (Å²) in [4.78, 5) is 36.8. The van der Waals surface area contributed by atoms with Gasteiger partial charge in [0.05, 0.1) is 12.5 Å². The third kappa shape index (κ3) is 4.50. The van der Waals surface area contributed by atoms with Crippen LogP contribution in [0.4, 0.5) is 4.79 Å². The lowest BCUT2D eigenvalue weighted by Crippen LogP contribution is -2.57. The van der Waals surface area contributed by atoms with E-state index in [4.69, 9.17) is 9.47 Å². The summed E-state index contributed by atoms with van der Waals surface area (Å²) in [6.45, 7) is 0.165. The number of carbonyl (C=O) groups excluding carboxylic acids is 2. The van der Waals surface area contributed by atoms with Crippen molar-refractivity contribution in [3.05, 3.63) is 59.7 Å². The van der Waals surface area contributed by atoms with Crippen molar-refractivity contribution >= 4 is 18.0 Å². The Labute approximate surface area is 204 Å². The first kappa shape index (κ1) is 23.4. The van der Waals surface area contributed by atoms with Crippen LogP contribution in [0.25, 0.3) is 11.1 Å². The van der Waals surface area contributed by atoms with E-state index in [-0.39, 0.29) is 42.9 Å². The summed E-state index contributed by atoms with van der Waals surface area (Å²) in [5.74, 6) is -0.990. The molecule has 0 spiro atoms. The molecule has 8 heteroatoms. The molecule has 0 heterocycles. The van der Waals surface area contributed by atoms with Gasteiger partial charge in [-0.3, -0.25) is 9.59 Å². The lowest BCUT2D eigenvalue weighted by atomic mass is 9.71. The first-order chi connectivity index (χ1) is 17.0. The van der Waals surface area contributed by atoms with Crippen LogP contribution in [0.2, 0.25) is 0 Å². The molecule has 2 amide bonds. The molecule has 2 fully saturated rings. The molecule has 8 nitrogen and oxygen atoms in total. The summed E-state index contributed by atoms with van der Waals surface area (Å²) in [6, 6.07) is 15.2. The average Bonchev–Trinajstić information content (AvgIpc) is 3.36. The number of carbonyl (C=O) groups is 3. The molecule has 0 radical (unpaired) electrons. The van der Waals surface area contributed by atoms with Crippen LogP contribution >= 0.6 is 0 Å². The minimum atomic E-state index is -0.897. The van der Waals surface area contributed by atoms with Crippen molar-refractivity contribution in [1.82, 2.24) is 10.6 Å². The van der Waals surface area contributed by atoms with E-state index >= 15 is 0 Å². The maximum atomic E-state index is 12.9. The topological polar surface area (TPSA) is 114 Å². The molecule has 2 aromatic carbocycles. The van der Waals surface area contributed by atoms with Gasteiger partial charge in [-0.2, -0.15) is 0 Å². The van der Waals surface area contributed by atoms with Crippen LogP contribution in [0, 0.1) is 17.8 Å². The number of aliphatic carboxylic acids is 1. The van der Waals surface area contributed by atoms with Gasteiger partial charge in [-0.05, 0) is 53.4 Å². The molecule has 3 aliphatic rings. The standard InChI is InChI=1S/C27H30N2O6/c1-34-14-24(25(30)28-23-12-15-10-16(26(31)32)11-21(15)23)29-27(33)35-13-22-19-8-4-2-6-17(19)18-7-3-5-9-20(18)22/h2-9,15-16,21-24H,10-14H2,1H3,(H,28,30)(H,29,33)(H,31,32). The van der Waals surface area contributed by atoms with Crippen molar-refractivity contribution in [3.8, 4) is 11.1 Å².